The topological polar surface area (TPSA) is 46.3 Å². The minimum absolute atomic E-state index is 0.0710. The van der Waals surface area contributed by atoms with E-state index in [1.807, 2.05) is 0 Å². The van der Waals surface area contributed by atoms with Crippen LogP contribution in [0.2, 0.25) is 0 Å². The Morgan fingerprint density at radius 3 is 1.26 bits per heavy atom. The SMILES string of the molecule is CCCCCCCCCCCCCCCCCCCCC(CCN(CC)CC)C(N)=O. The van der Waals surface area contributed by atoms with Crippen LogP contribution in [0.1, 0.15) is 149 Å². The smallest absolute Gasteiger partial charge is 0.220 e. The molecule has 186 valence electrons. The van der Waals surface area contributed by atoms with Gasteiger partial charge in [-0.05, 0) is 32.5 Å². The molecule has 0 aromatic rings. The van der Waals surface area contributed by atoms with Gasteiger partial charge in [0.05, 0.1) is 0 Å². The van der Waals surface area contributed by atoms with Crippen molar-refractivity contribution >= 4 is 5.91 Å². The van der Waals surface area contributed by atoms with Gasteiger partial charge in [0.2, 0.25) is 5.91 Å². The summed E-state index contributed by atoms with van der Waals surface area (Å²) in [5.74, 6) is -0.0270. The Kier molecular flexibility index (Phi) is 23.6. The molecule has 0 aliphatic rings. The second-order valence-electron chi connectivity index (χ2n) is 9.71. The van der Waals surface area contributed by atoms with Gasteiger partial charge >= 0.3 is 0 Å². The van der Waals surface area contributed by atoms with Crippen LogP contribution in [0.3, 0.4) is 0 Å². The molecule has 0 radical (unpaired) electrons. The highest BCUT2D eigenvalue weighted by molar-refractivity contribution is 5.76. The van der Waals surface area contributed by atoms with Crippen LogP contribution in [0.15, 0.2) is 0 Å². The molecule has 0 heterocycles. The maximum atomic E-state index is 11.7. The third kappa shape index (κ3) is 21.1. The molecule has 0 saturated heterocycles. The van der Waals surface area contributed by atoms with E-state index in [1.54, 1.807) is 0 Å². The highest BCUT2D eigenvalue weighted by Crippen LogP contribution is 2.17. The van der Waals surface area contributed by atoms with Crippen LogP contribution in [-0.4, -0.2) is 30.4 Å². The minimum Gasteiger partial charge on any atom is -0.369 e. The number of rotatable bonds is 25. The Morgan fingerprint density at radius 2 is 0.935 bits per heavy atom. The lowest BCUT2D eigenvalue weighted by Gasteiger charge is -2.21. The summed E-state index contributed by atoms with van der Waals surface area (Å²) in [7, 11) is 0. The third-order valence-electron chi connectivity index (χ3n) is 7.00. The molecular weight excluding hydrogens is 380 g/mol. The van der Waals surface area contributed by atoms with Crippen molar-refractivity contribution in [2.45, 2.75) is 149 Å². The molecule has 0 aromatic heterocycles. The van der Waals surface area contributed by atoms with E-state index in [2.05, 4.69) is 25.7 Å². The molecule has 0 saturated carbocycles. The Morgan fingerprint density at radius 1 is 0.581 bits per heavy atom. The first-order valence-corrected chi connectivity index (χ1v) is 14.2. The fraction of sp³-hybridized carbons (Fsp3) is 0.964. The van der Waals surface area contributed by atoms with Gasteiger partial charge in [-0.2, -0.15) is 0 Å². The van der Waals surface area contributed by atoms with Crippen molar-refractivity contribution in [2.75, 3.05) is 19.6 Å². The number of carbonyl (C=O) groups is 1. The van der Waals surface area contributed by atoms with E-state index >= 15 is 0 Å². The van der Waals surface area contributed by atoms with Crippen LogP contribution in [0.4, 0.5) is 0 Å². The lowest BCUT2D eigenvalue weighted by atomic mass is 9.96. The predicted molar refractivity (Wildman–Crippen MR) is 138 cm³/mol. The van der Waals surface area contributed by atoms with E-state index in [4.69, 9.17) is 5.73 Å². The van der Waals surface area contributed by atoms with E-state index < -0.39 is 0 Å². The minimum atomic E-state index is -0.0980. The summed E-state index contributed by atoms with van der Waals surface area (Å²) in [6.45, 7) is 9.76. The maximum absolute atomic E-state index is 11.7. The number of unbranched alkanes of at least 4 members (excludes halogenated alkanes) is 17. The summed E-state index contributed by atoms with van der Waals surface area (Å²) in [5, 5.41) is 0. The molecule has 0 fully saturated rings. The summed E-state index contributed by atoms with van der Waals surface area (Å²) in [6, 6.07) is 0. The number of carbonyl (C=O) groups excluding carboxylic acids is 1. The average Bonchev–Trinajstić information content (AvgIpc) is 2.77. The monoisotopic (exact) mass is 438 g/mol. The molecule has 1 amide bonds. The first-order chi connectivity index (χ1) is 15.2. The molecule has 2 N–H and O–H groups in total. The lowest BCUT2D eigenvalue weighted by molar-refractivity contribution is -0.122. The first kappa shape index (κ1) is 30.4. The van der Waals surface area contributed by atoms with Crippen LogP contribution in [0, 0.1) is 5.92 Å². The van der Waals surface area contributed by atoms with Gasteiger partial charge in [0.15, 0.2) is 0 Å². The first-order valence-electron chi connectivity index (χ1n) is 14.2. The fourth-order valence-electron chi connectivity index (χ4n) is 4.60. The Labute approximate surface area is 196 Å². The van der Waals surface area contributed by atoms with Crippen molar-refractivity contribution in [1.82, 2.24) is 4.90 Å². The van der Waals surface area contributed by atoms with Gasteiger partial charge < -0.3 is 10.6 Å². The zero-order chi connectivity index (χ0) is 23.0. The second kappa shape index (κ2) is 24.1. The van der Waals surface area contributed by atoms with Gasteiger partial charge in [-0.3, -0.25) is 4.79 Å². The zero-order valence-corrected chi connectivity index (χ0v) is 21.8. The zero-order valence-electron chi connectivity index (χ0n) is 21.8. The largest absolute Gasteiger partial charge is 0.369 e. The van der Waals surface area contributed by atoms with Crippen molar-refractivity contribution in [3.05, 3.63) is 0 Å². The van der Waals surface area contributed by atoms with Crippen molar-refractivity contribution in [3.63, 3.8) is 0 Å². The number of nitrogens with zero attached hydrogens (tertiary/aromatic N) is 1. The number of hydrogen-bond donors (Lipinski definition) is 1. The Hall–Kier alpha value is -0.570. The van der Waals surface area contributed by atoms with Gasteiger partial charge in [0, 0.05) is 5.92 Å². The number of nitrogens with two attached hydrogens (primary N) is 1. The molecule has 0 bridgehead atoms. The van der Waals surface area contributed by atoms with E-state index in [1.165, 1.54) is 109 Å². The van der Waals surface area contributed by atoms with E-state index in [0.29, 0.717) is 0 Å². The van der Waals surface area contributed by atoms with Crippen molar-refractivity contribution in [2.24, 2.45) is 11.7 Å². The fourth-order valence-corrected chi connectivity index (χ4v) is 4.60. The Balaban J connectivity index is 3.37. The molecule has 31 heavy (non-hydrogen) atoms. The van der Waals surface area contributed by atoms with Gasteiger partial charge in [-0.25, -0.2) is 0 Å². The molecule has 3 nitrogen and oxygen atoms in total. The van der Waals surface area contributed by atoms with Gasteiger partial charge in [0.1, 0.15) is 0 Å². The number of primary amides is 1. The summed E-state index contributed by atoms with van der Waals surface area (Å²) in [4.78, 5) is 14.1. The Bertz CT molecular complexity index is 368. The second-order valence-corrected chi connectivity index (χ2v) is 9.71. The molecule has 1 unspecified atom stereocenters. The summed E-state index contributed by atoms with van der Waals surface area (Å²) >= 11 is 0. The van der Waals surface area contributed by atoms with Gasteiger partial charge in [0.25, 0.3) is 0 Å². The number of amides is 1. The molecular formula is C28H58N2O. The molecule has 0 spiro atoms. The third-order valence-corrected chi connectivity index (χ3v) is 7.00. The average molecular weight is 439 g/mol. The standard InChI is InChI=1S/C28H58N2O/c1-4-7-8-9-10-11-12-13-14-15-16-17-18-19-20-21-22-23-24-27(28(29)31)25-26-30(5-2)6-3/h27H,4-26H2,1-3H3,(H2,29,31). The molecule has 1 atom stereocenters. The highest BCUT2D eigenvalue weighted by atomic mass is 16.1. The summed E-state index contributed by atoms with van der Waals surface area (Å²) in [5.41, 5.74) is 5.62. The quantitative estimate of drug-likeness (QED) is 0.146. The van der Waals surface area contributed by atoms with Crippen molar-refractivity contribution in [1.29, 1.82) is 0 Å². The predicted octanol–water partition coefficient (Wildman–Crippen LogP) is 8.25. The van der Waals surface area contributed by atoms with Crippen LogP contribution in [0.5, 0.6) is 0 Å². The lowest BCUT2D eigenvalue weighted by Crippen LogP contribution is -2.30. The van der Waals surface area contributed by atoms with Gasteiger partial charge in [-0.15, -0.1) is 0 Å². The molecule has 3 heteroatoms. The molecule has 0 aromatic carbocycles. The summed E-state index contributed by atoms with van der Waals surface area (Å²) < 4.78 is 0. The summed E-state index contributed by atoms with van der Waals surface area (Å²) in [6.07, 6.45) is 27.1. The van der Waals surface area contributed by atoms with E-state index in [-0.39, 0.29) is 11.8 Å². The van der Waals surface area contributed by atoms with Crippen LogP contribution >= 0.6 is 0 Å². The van der Waals surface area contributed by atoms with Crippen molar-refractivity contribution in [3.8, 4) is 0 Å². The number of hydrogen-bond acceptors (Lipinski definition) is 2. The van der Waals surface area contributed by atoms with E-state index in [0.717, 1.165) is 38.9 Å². The maximum Gasteiger partial charge on any atom is 0.220 e. The molecule has 0 aliphatic carbocycles. The van der Waals surface area contributed by atoms with E-state index in [9.17, 15) is 4.79 Å². The van der Waals surface area contributed by atoms with Crippen LogP contribution in [0.25, 0.3) is 0 Å². The van der Waals surface area contributed by atoms with Crippen LogP contribution in [-0.2, 0) is 4.79 Å². The van der Waals surface area contributed by atoms with Crippen molar-refractivity contribution < 1.29 is 4.79 Å². The van der Waals surface area contributed by atoms with Crippen LogP contribution < -0.4 is 5.73 Å². The van der Waals surface area contributed by atoms with Gasteiger partial charge in [-0.1, -0.05) is 136 Å². The normalized spacial score (nSPS) is 12.5. The highest BCUT2D eigenvalue weighted by Gasteiger charge is 2.15. The molecule has 0 aliphatic heterocycles. The molecule has 0 rings (SSSR count).